The van der Waals surface area contributed by atoms with Crippen LogP contribution < -0.4 is 0 Å². The molecule has 2 heteroatoms. The Kier molecular flexibility index (Phi) is 4.69. The van der Waals surface area contributed by atoms with Gasteiger partial charge in [-0.3, -0.25) is 0 Å². The molecule has 0 radical (unpaired) electrons. The smallest absolute Gasteiger partial charge is 0.0931 e. The summed E-state index contributed by atoms with van der Waals surface area (Å²) >= 11 is 0. The Balaban J connectivity index is 4.26. The van der Waals surface area contributed by atoms with Crippen LogP contribution in [0.4, 0.5) is 0 Å². The molecule has 0 rings (SSSR count). The molecule has 1 N–H and O–H groups in total. The Labute approximate surface area is 69.6 Å². The van der Waals surface area contributed by atoms with Crippen molar-refractivity contribution in [2.75, 3.05) is 7.11 Å². The fourth-order valence-corrected chi connectivity index (χ4v) is 1.52. The predicted octanol–water partition coefficient (Wildman–Crippen LogP) is 1.96. The van der Waals surface area contributed by atoms with Crippen LogP contribution in [0.1, 0.15) is 40.0 Å². The Morgan fingerprint density at radius 2 is 1.73 bits per heavy atom. The molecule has 0 aromatic rings. The minimum Gasteiger partial charge on any atom is -0.390 e. The highest BCUT2D eigenvalue weighted by Crippen LogP contribution is 2.25. The first-order valence-electron chi connectivity index (χ1n) is 4.40. The summed E-state index contributed by atoms with van der Waals surface area (Å²) < 4.78 is 5.34. The van der Waals surface area contributed by atoms with Gasteiger partial charge in [0.15, 0.2) is 0 Å². The summed E-state index contributed by atoms with van der Waals surface area (Å²) in [4.78, 5) is 0. The number of hydrogen-bond donors (Lipinski definition) is 1. The topological polar surface area (TPSA) is 29.5 Å². The van der Waals surface area contributed by atoms with Gasteiger partial charge in [0.25, 0.3) is 0 Å². The average molecular weight is 160 g/mol. The molecule has 0 spiro atoms. The Morgan fingerprint density at radius 1 is 1.27 bits per heavy atom. The molecular weight excluding hydrogens is 140 g/mol. The van der Waals surface area contributed by atoms with Gasteiger partial charge in [-0.2, -0.15) is 0 Å². The molecule has 0 heterocycles. The molecule has 0 aliphatic carbocycles. The van der Waals surface area contributed by atoms with Crippen molar-refractivity contribution >= 4 is 0 Å². The second-order valence-corrected chi connectivity index (χ2v) is 2.90. The van der Waals surface area contributed by atoms with Crippen LogP contribution in [0.15, 0.2) is 0 Å². The average Bonchev–Trinajstić information content (AvgIpc) is 2.08. The van der Waals surface area contributed by atoms with Crippen molar-refractivity contribution in [3.05, 3.63) is 0 Å². The summed E-state index contributed by atoms with van der Waals surface area (Å²) in [5, 5.41) is 9.64. The zero-order valence-electron chi connectivity index (χ0n) is 8.05. The van der Waals surface area contributed by atoms with E-state index in [1.807, 2.05) is 20.8 Å². The van der Waals surface area contributed by atoms with Gasteiger partial charge in [-0.25, -0.2) is 0 Å². The summed E-state index contributed by atoms with van der Waals surface area (Å²) in [5.74, 6) is 0. The monoisotopic (exact) mass is 160 g/mol. The van der Waals surface area contributed by atoms with Crippen molar-refractivity contribution in [2.45, 2.75) is 51.7 Å². The quantitative estimate of drug-likeness (QED) is 0.666. The van der Waals surface area contributed by atoms with Crippen LogP contribution in [-0.2, 0) is 4.74 Å². The van der Waals surface area contributed by atoms with E-state index >= 15 is 0 Å². The Hall–Kier alpha value is -0.0800. The first kappa shape index (κ1) is 10.9. The first-order chi connectivity index (χ1) is 5.16. The lowest BCUT2D eigenvalue weighted by molar-refractivity contribution is -0.108. The van der Waals surface area contributed by atoms with Crippen LogP contribution in [0.5, 0.6) is 0 Å². The molecular formula is C9H20O2. The van der Waals surface area contributed by atoms with Crippen LogP contribution in [0.3, 0.4) is 0 Å². The van der Waals surface area contributed by atoms with Gasteiger partial charge in [0.1, 0.15) is 0 Å². The highest BCUT2D eigenvalue weighted by Gasteiger charge is 2.32. The van der Waals surface area contributed by atoms with E-state index in [-0.39, 0.29) is 11.7 Å². The maximum Gasteiger partial charge on any atom is 0.0931 e. The molecule has 1 atom stereocenters. The number of rotatable bonds is 5. The van der Waals surface area contributed by atoms with Gasteiger partial charge in [-0.15, -0.1) is 0 Å². The van der Waals surface area contributed by atoms with Gasteiger partial charge in [0, 0.05) is 7.11 Å². The molecule has 0 aliphatic rings. The van der Waals surface area contributed by atoms with E-state index in [0.717, 1.165) is 19.3 Å². The van der Waals surface area contributed by atoms with Crippen molar-refractivity contribution in [2.24, 2.45) is 0 Å². The zero-order valence-corrected chi connectivity index (χ0v) is 8.05. The Bertz CT molecular complexity index is 89.5. The number of aliphatic hydroxyl groups excluding tert-OH is 1. The van der Waals surface area contributed by atoms with Crippen LogP contribution in [0, 0.1) is 0 Å². The summed E-state index contributed by atoms with van der Waals surface area (Å²) in [6, 6.07) is 0. The third kappa shape index (κ3) is 2.17. The van der Waals surface area contributed by atoms with Crippen LogP contribution in [0.2, 0.25) is 0 Å². The molecule has 0 fully saturated rings. The first-order valence-corrected chi connectivity index (χ1v) is 4.40. The van der Waals surface area contributed by atoms with Gasteiger partial charge in [-0.1, -0.05) is 20.8 Å². The van der Waals surface area contributed by atoms with E-state index in [1.54, 1.807) is 7.11 Å². The van der Waals surface area contributed by atoms with Gasteiger partial charge >= 0.3 is 0 Å². The molecule has 0 saturated carbocycles. The zero-order chi connectivity index (χ0) is 8.91. The van der Waals surface area contributed by atoms with Gasteiger partial charge in [0.05, 0.1) is 11.7 Å². The molecule has 0 amide bonds. The number of hydrogen-bond acceptors (Lipinski definition) is 2. The molecule has 0 saturated heterocycles. The summed E-state index contributed by atoms with van der Waals surface area (Å²) in [7, 11) is 1.67. The summed E-state index contributed by atoms with van der Waals surface area (Å²) in [5.41, 5.74) is -0.311. The van der Waals surface area contributed by atoms with Crippen molar-refractivity contribution in [1.29, 1.82) is 0 Å². The maximum atomic E-state index is 9.64. The highest BCUT2D eigenvalue weighted by molar-refractivity contribution is 4.84. The molecule has 0 aliphatic heterocycles. The van der Waals surface area contributed by atoms with Gasteiger partial charge in [-0.05, 0) is 19.3 Å². The molecule has 2 nitrogen and oxygen atoms in total. The third-order valence-electron chi connectivity index (χ3n) is 2.60. The van der Waals surface area contributed by atoms with Gasteiger partial charge in [0.2, 0.25) is 0 Å². The fourth-order valence-electron chi connectivity index (χ4n) is 1.52. The molecule has 0 aromatic heterocycles. The summed E-state index contributed by atoms with van der Waals surface area (Å²) in [6.07, 6.45) is 2.17. The minimum absolute atomic E-state index is 0.311. The van der Waals surface area contributed by atoms with E-state index in [4.69, 9.17) is 4.74 Å². The van der Waals surface area contributed by atoms with E-state index in [9.17, 15) is 5.11 Å². The van der Waals surface area contributed by atoms with Crippen molar-refractivity contribution in [1.82, 2.24) is 0 Å². The van der Waals surface area contributed by atoms with Crippen molar-refractivity contribution < 1.29 is 9.84 Å². The molecule has 1 unspecified atom stereocenters. The maximum absolute atomic E-state index is 9.64. The van der Waals surface area contributed by atoms with Gasteiger partial charge < -0.3 is 9.84 Å². The van der Waals surface area contributed by atoms with Crippen molar-refractivity contribution in [3.8, 4) is 0 Å². The summed E-state index contributed by atoms with van der Waals surface area (Å²) in [6.45, 7) is 6.07. The third-order valence-corrected chi connectivity index (χ3v) is 2.60. The number of ether oxygens (including phenoxy) is 1. The SMILES string of the molecule is CCC(O)C(CC)(CC)OC. The van der Waals surface area contributed by atoms with Crippen LogP contribution >= 0.6 is 0 Å². The predicted molar refractivity (Wildman–Crippen MR) is 46.6 cm³/mol. The highest BCUT2D eigenvalue weighted by atomic mass is 16.5. The van der Waals surface area contributed by atoms with E-state index in [1.165, 1.54) is 0 Å². The molecule has 68 valence electrons. The van der Waals surface area contributed by atoms with E-state index in [0.29, 0.717) is 0 Å². The lowest BCUT2D eigenvalue weighted by Crippen LogP contribution is -2.42. The van der Waals surface area contributed by atoms with E-state index < -0.39 is 0 Å². The number of methoxy groups -OCH3 is 1. The van der Waals surface area contributed by atoms with Crippen LogP contribution in [-0.4, -0.2) is 23.9 Å². The minimum atomic E-state index is -0.331. The number of aliphatic hydroxyl groups is 1. The van der Waals surface area contributed by atoms with Crippen molar-refractivity contribution in [3.63, 3.8) is 0 Å². The molecule has 11 heavy (non-hydrogen) atoms. The second-order valence-electron chi connectivity index (χ2n) is 2.90. The molecule has 0 aromatic carbocycles. The molecule has 0 bridgehead atoms. The Morgan fingerprint density at radius 3 is 1.82 bits per heavy atom. The fraction of sp³-hybridized carbons (Fsp3) is 1.00. The normalized spacial score (nSPS) is 15.0. The van der Waals surface area contributed by atoms with E-state index in [2.05, 4.69) is 0 Å². The largest absolute Gasteiger partial charge is 0.390 e. The lowest BCUT2D eigenvalue weighted by Gasteiger charge is -2.34. The second kappa shape index (κ2) is 4.73. The van der Waals surface area contributed by atoms with Crippen LogP contribution in [0.25, 0.3) is 0 Å². The lowest BCUT2D eigenvalue weighted by atomic mass is 9.89. The standard InChI is InChI=1S/C9H20O2/c1-5-8(10)9(6-2,7-3)11-4/h8,10H,5-7H2,1-4H3.